The fourth-order valence-corrected chi connectivity index (χ4v) is 1.54. The first-order valence-electron chi connectivity index (χ1n) is 6.71. The van der Waals surface area contributed by atoms with Crippen molar-refractivity contribution >= 4 is 11.8 Å². The van der Waals surface area contributed by atoms with E-state index >= 15 is 0 Å². The van der Waals surface area contributed by atoms with Gasteiger partial charge in [0.05, 0.1) is 6.54 Å². The minimum absolute atomic E-state index is 0.0104. The van der Waals surface area contributed by atoms with E-state index in [4.69, 9.17) is 4.74 Å². The van der Waals surface area contributed by atoms with Gasteiger partial charge in [-0.3, -0.25) is 4.90 Å². The molecule has 0 saturated carbocycles. The molecule has 1 aromatic carbocycles. The summed E-state index contributed by atoms with van der Waals surface area (Å²) in [6.07, 6.45) is -0.259. The van der Waals surface area contributed by atoms with Crippen LogP contribution >= 0.6 is 0 Å². The third-order valence-electron chi connectivity index (χ3n) is 2.31. The molecule has 1 heterocycles. The number of carbonyl (C=O) groups excluding carboxylic acids is 1. The Kier molecular flexibility index (Phi) is 7.84. The van der Waals surface area contributed by atoms with Gasteiger partial charge in [-0.05, 0) is 26.0 Å². The summed E-state index contributed by atoms with van der Waals surface area (Å²) in [6, 6.07) is 7.86. The van der Waals surface area contributed by atoms with Crippen molar-refractivity contribution in [2.75, 3.05) is 11.4 Å². The molecule has 0 bridgehead atoms. The van der Waals surface area contributed by atoms with Crippen LogP contribution < -0.4 is 4.90 Å². The molecule has 0 spiro atoms. The Balaban J connectivity index is 0.000000659. The molecule has 18 heavy (non-hydrogen) atoms. The van der Waals surface area contributed by atoms with Gasteiger partial charge in [0.25, 0.3) is 0 Å². The van der Waals surface area contributed by atoms with Gasteiger partial charge >= 0.3 is 6.09 Å². The second kappa shape index (κ2) is 8.56. The topological polar surface area (TPSA) is 29.5 Å². The van der Waals surface area contributed by atoms with Crippen molar-refractivity contribution in [3.05, 3.63) is 29.8 Å². The Morgan fingerprint density at radius 2 is 1.61 bits per heavy atom. The summed E-state index contributed by atoms with van der Waals surface area (Å²) in [5.41, 5.74) is 2.10. The van der Waals surface area contributed by atoms with E-state index in [1.54, 1.807) is 4.90 Å². The normalized spacial score (nSPS) is 17.1. The summed E-state index contributed by atoms with van der Waals surface area (Å²) in [4.78, 5) is 13.0. The first-order valence-corrected chi connectivity index (χ1v) is 6.71. The molecule has 1 aliphatic heterocycles. The van der Waals surface area contributed by atoms with E-state index in [2.05, 4.69) is 0 Å². The number of carbonyl (C=O) groups is 1. The largest absolute Gasteiger partial charge is 0.444 e. The summed E-state index contributed by atoms with van der Waals surface area (Å²) >= 11 is 0. The monoisotopic (exact) mass is 251 g/mol. The van der Waals surface area contributed by atoms with Crippen LogP contribution in [0.25, 0.3) is 0 Å². The van der Waals surface area contributed by atoms with Gasteiger partial charge < -0.3 is 4.74 Å². The van der Waals surface area contributed by atoms with Gasteiger partial charge in [-0.25, -0.2) is 4.79 Å². The molecule has 1 aromatic rings. The molecule has 1 saturated heterocycles. The lowest BCUT2D eigenvalue weighted by atomic mass is 10.2. The zero-order valence-corrected chi connectivity index (χ0v) is 12.4. The molecule has 0 radical (unpaired) electrons. The Labute approximate surface area is 111 Å². The lowest BCUT2D eigenvalue weighted by Gasteiger charge is -2.12. The number of ether oxygens (including phenoxy) is 1. The summed E-state index contributed by atoms with van der Waals surface area (Å²) in [6.45, 7) is 12.6. The van der Waals surface area contributed by atoms with Crippen molar-refractivity contribution in [2.24, 2.45) is 0 Å². The molecule has 0 aromatic heterocycles. The van der Waals surface area contributed by atoms with Crippen LogP contribution in [0.3, 0.4) is 0 Å². The van der Waals surface area contributed by atoms with Crippen LogP contribution in [0.15, 0.2) is 24.3 Å². The third kappa shape index (κ3) is 4.40. The van der Waals surface area contributed by atoms with Gasteiger partial charge in [-0.2, -0.15) is 0 Å². The minimum atomic E-state index is -0.249. The molecule has 102 valence electrons. The number of benzene rings is 1. The lowest BCUT2D eigenvalue weighted by Crippen LogP contribution is -2.23. The average molecular weight is 251 g/mol. The number of hydrogen-bond acceptors (Lipinski definition) is 2. The first kappa shape index (κ1) is 16.5. The first-order chi connectivity index (χ1) is 8.66. The number of anilines is 1. The number of rotatable bonds is 1. The highest BCUT2D eigenvalue weighted by Crippen LogP contribution is 2.21. The van der Waals surface area contributed by atoms with Crippen LogP contribution in [0, 0.1) is 6.92 Å². The van der Waals surface area contributed by atoms with Crippen molar-refractivity contribution in [1.82, 2.24) is 0 Å². The molecule has 1 aliphatic rings. The van der Waals surface area contributed by atoms with Crippen molar-refractivity contribution < 1.29 is 9.53 Å². The zero-order valence-electron chi connectivity index (χ0n) is 12.4. The summed E-state index contributed by atoms with van der Waals surface area (Å²) in [5.74, 6) is 0. The van der Waals surface area contributed by atoms with Crippen LogP contribution in [0.5, 0.6) is 0 Å². The maximum atomic E-state index is 11.4. The average Bonchev–Trinajstić information content (AvgIpc) is 2.74. The smallest absolute Gasteiger partial charge is 0.414 e. The number of aryl methyl sites for hydroxylation is 1. The highest BCUT2D eigenvalue weighted by molar-refractivity contribution is 5.89. The molecular weight excluding hydrogens is 226 g/mol. The molecule has 2 rings (SSSR count). The van der Waals surface area contributed by atoms with Gasteiger partial charge in [-0.1, -0.05) is 45.4 Å². The van der Waals surface area contributed by atoms with Crippen LogP contribution in [-0.2, 0) is 4.74 Å². The Morgan fingerprint density at radius 1 is 1.11 bits per heavy atom. The summed E-state index contributed by atoms with van der Waals surface area (Å²) in [5, 5.41) is 0. The number of cyclic esters (lactones) is 1. The van der Waals surface area contributed by atoms with Crippen LogP contribution in [0.4, 0.5) is 10.5 Å². The van der Waals surface area contributed by atoms with Gasteiger partial charge in [0.2, 0.25) is 0 Å². The fourth-order valence-electron chi connectivity index (χ4n) is 1.54. The second-order valence-electron chi connectivity index (χ2n) is 3.64. The molecule has 1 amide bonds. The molecule has 3 nitrogen and oxygen atoms in total. The highest BCUT2D eigenvalue weighted by atomic mass is 16.6. The number of hydrogen-bond donors (Lipinski definition) is 0. The van der Waals surface area contributed by atoms with Crippen molar-refractivity contribution in [1.29, 1.82) is 0 Å². The van der Waals surface area contributed by atoms with E-state index in [0.29, 0.717) is 6.54 Å². The van der Waals surface area contributed by atoms with Gasteiger partial charge in [0.1, 0.15) is 6.10 Å². The third-order valence-corrected chi connectivity index (χ3v) is 2.31. The van der Waals surface area contributed by atoms with Crippen molar-refractivity contribution in [2.45, 2.75) is 47.6 Å². The predicted octanol–water partition coefficient (Wildman–Crippen LogP) is 4.39. The SMILES string of the molecule is CC.CC.Cc1ccc(N2CC(C)OC2=O)cc1. The van der Waals surface area contributed by atoms with Crippen molar-refractivity contribution in [3.8, 4) is 0 Å². The zero-order chi connectivity index (χ0) is 14.1. The number of amides is 1. The Morgan fingerprint density at radius 3 is 2.00 bits per heavy atom. The van der Waals surface area contributed by atoms with E-state index in [-0.39, 0.29) is 12.2 Å². The maximum Gasteiger partial charge on any atom is 0.414 e. The Hall–Kier alpha value is -1.51. The fraction of sp³-hybridized carbons (Fsp3) is 0.533. The quantitative estimate of drug-likeness (QED) is 0.740. The minimum Gasteiger partial charge on any atom is -0.444 e. The predicted molar refractivity (Wildman–Crippen MR) is 77.2 cm³/mol. The lowest BCUT2D eigenvalue weighted by molar-refractivity contribution is 0.150. The van der Waals surface area contributed by atoms with Crippen molar-refractivity contribution in [3.63, 3.8) is 0 Å². The Bertz CT molecular complexity index is 346. The van der Waals surface area contributed by atoms with E-state index in [1.165, 1.54) is 5.56 Å². The molecule has 1 unspecified atom stereocenters. The standard InChI is InChI=1S/C11H13NO2.2C2H6/c1-8-3-5-10(6-4-8)12-7-9(2)14-11(12)13;2*1-2/h3-6,9H,7H2,1-2H3;2*1-2H3. The molecule has 0 N–H and O–H groups in total. The summed E-state index contributed by atoms with van der Waals surface area (Å²) < 4.78 is 5.05. The number of nitrogens with zero attached hydrogens (tertiary/aromatic N) is 1. The van der Waals surface area contributed by atoms with E-state index in [1.807, 2.05) is 65.8 Å². The van der Waals surface area contributed by atoms with E-state index in [0.717, 1.165) is 5.69 Å². The van der Waals surface area contributed by atoms with Crippen LogP contribution in [-0.4, -0.2) is 18.7 Å². The van der Waals surface area contributed by atoms with Gasteiger partial charge in [0.15, 0.2) is 0 Å². The second-order valence-corrected chi connectivity index (χ2v) is 3.64. The maximum absolute atomic E-state index is 11.4. The molecule has 1 atom stereocenters. The van der Waals surface area contributed by atoms with E-state index in [9.17, 15) is 4.79 Å². The molecule has 1 fully saturated rings. The van der Waals surface area contributed by atoms with Crippen LogP contribution in [0.1, 0.15) is 40.2 Å². The molecule has 3 heteroatoms. The highest BCUT2D eigenvalue weighted by Gasteiger charge is 2.28. The molecule has 0 aliphatic carbocycles. The summed E-state index contributed by atoms with van der Waals surface area (Å²) in [7, 11) is 0. The van der Waals surface area contributed by atoms with E-state index < -0.39 is 0 Å². The molecular formula is C15H25NO2. The van der Waals surface area contributed by atoms with Gasteiger partial charge in [-0.15, -0.1) is 0 Å². The van der Waals surface area contributed by atoms with Gasteiger partial charge in [0, 0.05) is 5.69 Å². The van der Waals surface area contributed by atoms with Crippen LogP contribution in [0.2, 0.25) is 0 Å².